The van der Waals surface area contributed by atoms with Gasteiger partial charge in [-0.2, -0.15) is 5.10 Å². The molecule has 2 saturated carbocycles. The van der Waals surface area contributed by atoms with E-state index >= 15 is 0 Å². The number of fused-ring (bicyclic) bond motifs is 3. The number of ether oxygens (including phenoxy) is 1. The fraction of sp³-hybridized carbons (Fsp3) is 0.541. The van der Waals surface area contributed by atoms with Crippen molar-refractivity contribution in [2.75, 3.05) is 6.54 Å². The first-order valence-corrected chi connectivity index (χ1v) is 20.1. The first kappa shape index (κ1) is 37.4. The number of carbonyl (C=O) groups excluding carboxylic acids is 4. The van der Waals surface area contributed by atoms with Crippen molar-refractivity contribution in [2.45, 2.75) is 107 Å². The SMILES string of the molecule is CCc1nc2ccc(F)cc2nc1O[C@@H]1C[C@H]2C(=O)N[C@]3(C(=O)NS(=O)(=O)C4CC4)C[C@H]3C=CCCCCC[C@H](NC(=O)c3cc(C)n(C)n3)C(=O)N2C1. The number of nitrogens with one attached hydrogen (secondary N) is 3. The maximum Gasteiger partial charge on any atom is 0.272 e. The largest absolute Gasteiger partial charge is 0.471 e. The summed E-state index contributed by atoms with van der Waals surface area (Å²) in [5.41, 5.74) is 0.634. The Hall–Kier alpha value is -4.93. The molecule has 2 aromatic heterocycles. The molecule has 0 radical (unpaired) electrons. The Morgan fingerprint density at radius 1 is 1.09 bits per heavy atom. The average molecular weight is 765 g/mol. The molecular formula is C37H45FN8O7S. The molecule has 0 spiro atoms. The van der Waals surface area contributed by atoms with Crippen LogP contribution < -0.4 is 20.1 Å². The zero-order chi connectivity index (χ0) is 38.4. The van der Waals surface area contributed by atoms with Crippen molar-refractivity contribution < 1.29 is 36.7 Å². The minimum atomic E-state index is -3.91. The molecule has 4 heterocycles. The quantitative estimate of drug-likeness (QED) is 0.287. The zero-order valence-electron chi connectivity index (χ0n) is 30.5. The topological polar surface area (TPSA) is 195 Å². The first-order chi connectivity index (χ1) is 25.8. The molecule has 2 aliphatic carbocycles. The lowest BCUT2D eigenvalue weighted by Gasteiger charge is -2.29. The highest BCUT2D eigenvalue weighted by atomic mass is 32.2. The Labute approximate surface area is 312 Å². The summed E-state index contributed by atoms with van der Waals surface area (Å²) in [5, 5.41) is 9.33. The van der Waals surface area contributed by atoms with Gasteiger partial charge in [-0.05, 0) is 70.1 Å². The smallest absolute Gasteiger partial charge is 0.272 e. The number of halogens is 1. The van der Waals surface area contributed by atoms with Crippen LogP contribution in [0.5, 0.6) is 5.88 Å². The third-order valence-corrected chi connectivity index (χ3v) is 12.6. The Balaban J connectivity index is 1.20. The van der Waals surface area contributed by atoms with Crippen LogP contribution in [0.3, 0.4) is 0 Å². The number of hydrogen-bond donors (Lipinski definition) is 3. The van der Waals surface area contributed by atoms with Gasteiger partial charge in [-0.1, -0.05) is 31.9 Å². The number of benzene rings is 1. The maximum atomic E-state index is 14.6. The summed E-state index contributed by atoms with van der Waals surface area (Å²) in [4.78, 5) is 66.6. The van der Waals surface area contributed by atoms with Crippen molar-refractivity contribution in [2.24, 2.45) is 13.0 Å². The Morgan fingerprint density at radius 3 is 2.61 bits per heavy atom. The molecule has 17 heteroatoms. The van der Waals surface area contributed by atoms with E-state index in [2.05, 4.69) is 30.4 Å². The van der Waals surface area contributed by atoms with Gasteiger partial charge < -0.3 is 20.3 Å². The van der Waals surface area contributed by atoms with E-state index in [9.17, 15) is 32.0 Å². The second-order valence-electron chi connectivity index (χ2n) is 14.8. The van der Waals surface area contributed by atoms with Crippen LogP contribution in [0, 0.1) is 18.7 Å². The predicted molar refractivity (Wildman–Crippen MR) is 194 cm³/mol. The predicted octanol–water partition coefficient (Wildman–Crippen LogP) is 2.52. The van der Waals surface area contributed by atoms with Crippen LogP contribution in [0.2, 0.25) is 0 Å². The van der Waals surface area contributed by atoms with Crippen molar-refractivity contribution in [3.05, 3.63) is 59.3 Å². The number of carbonyl (C=O) groups is 4. The molecule has 2 aliphatic heterocycles. The summed E-state index contributed by atoms with van der Waals surface area (Å²) in [5.74, 6) is -3.33. The van der Waals surface area contributed by atoms with Gasteiger partial charge in [-0.25, -0.2) is 22.8 Å². The molecule has 54 heavy (non-hydrogen) atoms. The van der Waals surface area contributed by atoms with Crippen LogP contribution in [-0.2, 0) is 37.9 Å². The fourth-order valence-corrected chi connectivity index (χ4v) is 8.65. The van der Waals surface area contributed by atoms with Gasteiger partial charge in [-0.3, -0.25) is 28.6 Å². The van der Waals surface area contributed by atoms with Crippen LogP contribution >= 0.6 is 0 Å². The van der Waals surface area contributed by atoms with Gasteiger partial charge in [0.15, 0.2) is 0 Å². The molecule has 5 atom stereocenters. The summed E-state index contributed by atoms with van der Waals surface area (Å²) < 4.78 is 49.9. The highest BCUT2D eigenvalue weighted by molar-refractivity contribution is 7.91. The van der Waals surface area contributed by atoms with Gasteiger partial charge in [0.1, 0.15) is 40.9 Å². The van der Waals surface area contributed by atoms with Gasteiger partial charge in [0, 0.05) is 31.1 Å². The van der Waals surface area contributed by atoms with Crippen LogP contribution in [-0.4, -0.2) is 92.2 Å². The molecule has 1 saturated heterocycles. The number of rotatable bonds is 8. The molecule has 7 rings (SSSR count). The molecule has 15 nitrogen and oxygen atoms in total. The summed E-state index contributed by atoms with van der Waals surface area (Å²) in [6, 6.07) is 3.51. The molecule has 4 amide bonds. The number of hydrogen-bond acceptors (Lipinski definition) is 10. The van der Waals surface area contributed by atoms with Crippen LogP contribution in [0.15, 0.2) is 36.4 Å². The molecule has 3 N–H and O–H groups in total. The highest BCUT2D eigenvalue weighted by Gasteiger charge is 2.62. The van der Waals surface area contributed by atoms with Gasteiger partial charge >= 0.3 is 0 Å². The van der Waals surface area contributed by atoms with E-state index in [0.29, 0.717) is 49.7 Å². The number of sulfonamides is 1. The summed E-state index contributed by atoms with van der Waals surface area (Å²) in [7, 11) is -2.20. The van der Waals surface area contributed by atoms with Crippen LogP contribution in [0.4, 0.5) is 4.39 Å². The molecule has 1 aromatic carbocycles. The lowest BCUT2D eigenvalue weighted by molar-refractivity contribution is -0.141. The minimum absolute atomic E-state index is 0.0116. The molecular weight excluding hydrogens is 720 g/mol. The van der Waals surface area contributed by atoms with Crippen molar-refractivity contribution in [1.29, 1.82) is 0 Å². The zero-order valence-corrected chi connectivity index (χ0v) is 31.3. The lowest BCUT2D eigenvalue weighted by atomic mass is 10.0. The molecule has 288 valence electrons. The monoisotopic (exact) mass is 764 g/mol. The summed E-state index contributed by atoms with van der Waals surface area (Å²) in [6.45, 7) is 3.60. The number of nitrogens with zero attached hydrogens (tertiary/aromatic N) is 5. The van der Waals surface area contributed by atoms with Crippen molar-refractivity contribution in [1.82, 2.24) is 40.0 Å². The molecule has 4 aliphatic rings. The summed E-state index contributed by atoms with van der Waals surface area (Å²) >= 11 is 0. The van der Waals surface area contributed by atoms with Gasteiger partial charge in [0.25, 0.3) is 11.8 Å². The second-order valence-corrected chi connectivity index (χ2v) is 16.7. The lowest BCUT2D eigenvalue weighted by Crippen LogP contribution is -2.58. The maximum absolute atomic E-state index is 14.6. The van der Waals surface area contributed by atoms with Crippen molar-refractivity contribution >= 4 is 44.7 Å². The number of aryl methyl sites for hydroxylation is 3. The van der Waals surface area contributed by atoms with E-state index < -0.39 is 74.4 Å². The molecule has 3 fully saturated rings. The average Bonchev–Trinajstić information content (AvgIpc) is 4.03. The Kier molecular flexibility index (Phi) is 10.2. The Bertz CT molecular complexity index is 2120. The van der Waals surface area contributed by atoms with Crippen LogP contribution in [0.1, 0.15) is 86.6 Å². The standard InChI is InChI=1S/C37H45FN8O7S/c1-4-26-34(41-29-17-23(38)12-15-27(29)39-26)53-24-18-31-33(48)42-37(36(50)44-54(51,52)25-13-14-25)19-22(37)10-8-6-5-7-9-11-28(35(49)46(31)20-24)40-32(47)30-16-21(2)45(3)43-30/h8,10,12,15-17,22,24-25,28,31H,4-7,9,11,13-14,18-20H2,1-3H3,(H,40,47)(H,42,48)(H,44,50)/t22-,24-,28+,31+,37-/m1/s1. The van der Waals surface area contributed by atoms with Gasteiger partial charge in [-0.15, -0.1) is 0 Å². The minimum Gasteiger partial charge on any atom is -0.471 e. The number of allylic oxidation sites excluding steroid dienone is 1. The van der Waals surface area contributed by atoms with E-state index in [4.69, 9.17) is 4.74 Å². The third kappa shape index (κ3) is 7.68. The van der Waals surface area contributed by atoms with Crippen LogP contribution in [0.25, 0.3) is 11.0 Å². The second kappa shape index (κ2) is 14.7. The first-order valence-electron chi connectivity index (χ1n) is 18.6. The normalized spacial score (nSPS) is 26.3. The highest BCUT2D eigenvalue weighted by Crippen LogP contribution is 2.46. The fourth-order valence-electron chi connectivity index (χ4n) is 7.28. The molecule has 0 unspecified atom stereocenters. The van der Waals surface area contributed by atoms with E-state index in [1.165, 1.54) is 23.1 Å². The molecule has 0 bridgehead atoms. The van der Waals surface area contributed by atoms with E-state index in [1.54, 1.807) is 24.7 Å². The third-order valence-electron chi connectivity index (χ3n) is 10.8. The van der Waals surface area contributed by atoms with Gasteiger partial charge in [0.2, 0.25) is 27.7 Å². The van der Waals surface area contributed by atoms with E-state index in [-0.39, 0.29) is 36.5 Å². The van der Waals surface area contributed by atoms with E-state index in [0.717, 1.165) is 18.5 Å². The van der Waals surface area contributed by atoms with E-state index in [1.807, 2.05) is 19.1 Å². The van der Waals surface area contributed by atoms with Gasteiger partial charge in [0.05, 0.1) is 22.8 Å². The Morgan fingerprint density at radius 2 is 1.89 bits per heavy atom. The molecule has 3 aromatic rings. The summed E-state index contributed by atoms with van der Waals surface area (Å²) in [6.07, 6.45) is 7.63. The number of amides is 4. The van der Waals surface area contributed by atoms with Crippen molar-refractivity contribution in [3.8, 4) is 5.88 Å². The van der Waals surface area contributed by atoms with Crippen molar-refractivity contribution in [3.63, 3.8) is 0 Å². The number of aromatic nitrogens is 4.